The minimum absolute atomic E-state index is 0.0104. The molecule has 0 aromatic heterocycles. The maximum Gasteiger partial charge on any atom is 0.410 e. The van der Waals surface area contributed by atoms with Crippen molar-refractivity contribution in [3.05, 3.63) is 60.8 Å². The Kier molecular flexibility index (Phi) is 25.7. The van der Waals surface area contributed by atoms with Gasteiger partial charge in [0.25, 0.3) is 50.6 Å². The summed E-state index contributed by atoms with van der Waals surface area (Å²) in [7, 11) is -19.4. The van der Waals surface area contributed by atoms with Crippen molar-refractivity contribution in [2.75, 3.05) is 73.2 Å². The van der Waals surface area contributed by atoms with Crippen LogP contribution in [0.25, 0.3) is 0 Å². The molecule has 34 nitrogen and oxygen atoms in total. The Balaban J connectivity index is 0.000000143. The number of methoxy groups -OCH3 is 1. The van der Waals surface area contributed by atoms with Crippen molar-refractivity contribution in [3.8, 4) is 12.1 Å². The van der Waals surface area contributed by atoms with E-state index in [0.29, 0.717) is 36.0 Å². The van der Waals surface area contributed by atoms with Crippen molar-refractivity contribution in [1.82, 2.24) is 0 Å². The number of ether oxygens (including phenoxy) is 11. The molecule has 15 fully saturated rings. The number of nitriles is 2. The second kappa shape index (κ2) is 33.1. The number of halogens is 6. The van der Waals surface area contributed by atoms with Gasteiger partial charge in [0.1, 0.15) is 74.1 Å². The summed E-state index contributed by atoms with van der Waals surface area (Å²) in [4.78, 5) is 68.4. The van der Waals surface area contributed by atoms with Crippen LogP contribution in [0, 0.1) is 93.7 Å². The standard InChI is InChI=1S/C15H20O8S.2C14H17F3O6S.2C14H17NO6S/c1-8(2)13(16)22-5-4-21-11-9-6-10-12(11)23-24(18,19)15(10,7-9)14(17)20-3;1-7(2)12(18)22-4-3-21-10-8-5-9-11(10)23-24(19,20)13(9,6-8)14(15,16)17;1-6(2)13(18)22-4-3-21-10-7-5-8-11(10)23-24(19,20)12(8)9(7)14(15,16)17;1-8(2)13(16)20-4-3-19-11-9-5-10-12(11)21-22(17,18)14(10,6-9)7-15;1-7(2)14(16)20-4-3-19-11-8-5-9-12(11)21-22(17,18)13(9)10(8)6-15/h9-12H,1,4-7H2,2-3H3;8-11H,1,3-6H2,2H3;7-12H,1,3-5H2,2H3;9-12H,1,3-6H2,2H3;8-13H,1,3-5H2,2H3. The zero-order chi connectivity index (χ0) is 85.7. The van der Waals surface area contributed by atoms with Crippen molar-refractivity contribution in [2.45, 2.75) is 184 Å². The fourth-order valence-electron chi connectivity index (χ4n) is 19.9. The first-order chi connectivity index (χ1) is 54.0. The molecule has 0 aromatic carbocycles. The number of carbonyl (C=O) groups is 6. The molecule has 116 heavy (non-hydrogen) atoms. The second-order valence-electron chi connectivity index (χ2n) is 31.4. The van der Waals surface area contributed by atoms with Crippen LogP contribution in [-0.2, 0) is 152 Å². The van der Waals surface area contributed by atoms with E-state index in [1.165, 1.54) is 21.0 Å². The Bertz CT molecular complexity index is 4680. The van der Waals surface area contributed by atoms with E-state index in [9.17, 15) is 108 Å². The predicted octanol–water partition coefficient (Wildman–Crippen LogP) is 4.05. The maximum atomic E-state index is 13.4. The normalized spacial score (nSPS) is 39.4. The van der Waals surface area contributed by atoms with Crippen LogP contribution in [-0.4, -0.2) is 249 Å². The summed E-state index contributed by atoms with van der Waals surface area (Å²) in [5.41, 5.74) is 1.32. The molecule has 5 saturated heterocycles. The first-order valence-corrected chi connectivity index (χ1v) is 44.0. The Morgan fingerprint density at radius 1 is 0.422 bits per heavy atom. The smallest absolute Gasteiger partial charge is 0.410 e. The number of hydrogen-bond acceptors (Lipinski definition) is 34. The lowest BCUT2D eigenvalue weighted by molar-refractivity contribution is -0.201. The number of carbonyl (C=O) groups excluding carboxylic acids is 6. The number of hydrogen-bond donors (Lipinski definition) is 0. The zero-order valence-electron chi connectivity index (χ0n) is 63.4. The van der Waals surface area contributed by atoms with E-state index in [-0.39, 0.29) is 139 Å². The molecule has 27 unspecified atom stereocenters. The van der Waals surface area contributed by atoms with E-state index in [4.69, 9.17) is 73.0 Å². The van der Waals surface area contributed by atoms with E-state index >= 15 is 0 Å². The van der Waals surface area contributed by atoms with Crippen LogP contribution in [0.1, 0.15) is 86.0 Å². The molecule has 15 rings (SSSR count). The molecule has 27 atom stereocenters. The van der Waals surface area contributed by atoms with Gasteiger partial charge in [-0.25, -0.2) is 24.0 Å². The molecule has 5 aliphatic heterocycles. The van der Waals surface area contributed by atoms with Gasteiger partial charge in [0.2, 0.25) is 0 Å². The third-order valence-electron chi connectivity index (χ3n) is 24.4. The Hall–Kier alpha value is -6.57. The third kappa shape index (κ3) is 15.8. The maximum absolute atomic E-state index is 13.4. The Labute approximate surface area is 665 Å². The predicted molar refractivity (Wildman–Crippen MR) is 376 cm³/mol. The van der Waals surface area contributed by atoms with Crippen LogP contribution in [0.2, 0.25) is 0 Å². The van der Waals surface area contributed by atoms with Gasteiger partial charge in [-0.2, -0.15) is 79.0 Å². The van der Waals surface area contributed by atoms with Gasteiger partial charge < -0.3 is 52.1 Å². The molecule has 15 aliphatic rings. The summed E-state index contributed by atoms with van der Waals surface area (Å²) in [6.07, 6.45) is -14.5. The average molecular weight is 1760 g/mol. The molecule has 45 heteroatoms. The first-order valence-electron chi connectivity index (χ1n) is 36.8. The first kappa shape index (κ1) is 90.2. The Morgan fingerprint density at radius 3 is 1.19 bits per heavy atom. The van der Waals surface area contributed by atoms with Crippen LogP contribution in [0.15, 0.2) is 60.8 Å². The van der Waals surface area contributed by atoms with Crippen LogP contribution < -0.4 is 0 Å². The van der Waals surface area contributed by atoms with E-state index in [0.717, 1.165) is 0 Å². The van der Waals surface area contributed by atoms with Crippen LogP contribution in [0.3, 0.4) is 0 Å². The molecular formula is C71H88F6N2O32S5. The summed E-state index contributed by atoms with van der Waals surface area (Å²) in [5.74, 6) is -10.6. The van der Waals surface area contributed by atoms with Gasteiger partial charge in [-0.3, -0.25) is 25.7 Å². The minimum atomic E-state index is -4.87. The van der Waals surface area contributed by atoms with Crippen LogP contribution in [0.4, 0.5) is 26.3 Å². The summed E-state index contributed by atoms with van der Waals surface area (Å²) >= 11 is 0. The molecule has 0 spiro atoms. The molecule has 0 amide bonds. The topological polar surface area (TPSA) is 468 Å². The molecule has 10 bridgehead atoms. The van der Waals surface area contributed by atoms with Crippen LogP contribution in [0.5, 0.6) is 0 Å². The molecular weight excluding hydrogens is 1670 g/mol. The van der Waals surface area contributed by atoms with Gasteiger partial charge in [0, 0.05) is 69.3 Å². The Morgan fingerprint density at radius 2 is 0.776 bits per heavy atom. The van der Waals surface area contributed by atoms with Gasteiger partial charge in [-0.15, -0.1) is 0 Å². The molecule has 10 aliphatic carbocycles. The van der Waals surface area contributed by atoms with Crippen molar-refractivity contribution < 1.29 is 170 Å². The molecule has 0 aromatic rings. The van der Waals surface area contributed by atoms with Crippen molar-refractivity contribution >= 4 is 86.4 Å². The monoisotopic (exact) mass is 1750 g/mol. The molecule has 646 valence electrons. The molecule has 0 N–H and O–H groups in total. The summed E-state index contributed by atoms with van der Waals surface area (Å²) in [6, 6.07) is 4.05. The summed E-state index contributed by atoms with van der Waals surface area (Å²) in [6.45, 7) is 25.0. The van der Waals surface area contributed by atoms with E-state index in [1.54, 1.807) is 20.8 Å². The summed E-state index contributed by atoms with van der Waals surface area (Å²) in [5, 5.41) is 16.3. The van der Waals surface area contributed by atoms with Gasteiger partial charge >= 0.3 is 48.2 Å². The van der Waals surface area contributed by atoms with Gasteiger partial charge in [-0.05, 0) is 104 Å². The van der Waals surface area contributed by atoms with Crippen molar-refractivity contribution in [2.24, 2.45) is 71.0 Å². The van der Waals surface area contributed by atoms with E-state index in [1.807, 2.05) is 6.07 Å². The third-order valence-corrected chi connectivity index (χ3v) is 34.0. The molecule has 10 saturated carbocycles. The number of fused-ring (bicyclic) bond motifs is 5. The minimum Gasteiger partial charge on any atom is -0.468 e. The average Bonchev–Trinajstić information content (AvgIpc) is 1.51. The number of rotatable bonds is 26. The van der Waals surface area contributed by atoms with Gasteiger partial charge in [-0.1, -0.05) is 32.9 Å². The zero-order valence-corrected chi connectivity index (χ0v) is 67.5. The lowest BCUT2D eigenvalue weighted by atomic mass is 9.83. The highest BCUT2D eigenvalue weighted by atomic mass is 32.2. The highest BCUT2D eigenvalue weighted by Gasteiger charge is 2.83. The highest BCUT2D eigenvalue weighted by Crippen LogP contribution is 2.68. The fraction of sp³-hybridized carbons (Fsp3) is 0.746. The van der Waals surface area contributed by atoms with Gasteiger partial charge in [0.05, 0.1) is 94.6 Å². The lowest BCUT2D eigenvalue weighted by Crippen LogP contribution is -2.54. The largest absolute Gasteiger partial charge is 0.468 e. The number of esters is 6. The van der Waals surface area contributed by atoms with Gasteiger partial charge in [0.15, 0.2) is 14.2 Å². The van der Waals surface area contributed by atoms with Crippen molar-refractivity contribution in [3.63, 3.8) is 0 Å². The van der Waals surface area contributed by atoms with Crippen molar-refractivity contribution in [1.29, 1.82) is 10.5 Å². The molecule has 5 heterocycles. The second-order valence-corrected chi connectivity index (χ2v) is 40.3. The number of nitrogens with zero attached hydrogens (tertiary/aromatic N) is 2. The fourth-order valence-corrected chi connectivity index (χ4v) is 29.8. The lowest BCUT2D eigenvalue weighted by Gasteiger charge is -2.33. The quantitative estimate of drug-likeness (QED) is 0.0294. The van der Waals surface area contributed by atoms with E-state index < -0.39 is 226 Å². The SMILES string of the molecule is C=C(C)C(=O)OCCOC1C2CC3C1OS(=O)(=O)C3(C#N)C2.C=C(C)C(=O)OCCOC1C2CC3C1OS(=O)(=O)C3(C(=O)OC)C2.C=C(C)C(=O)OCCOC1C2CC3C1OS(=O)(=O)C3(C(F)(F)F)C2.C=C(C)C(=O)OCCOC1C2CC3C1OS(=O)(=O)C3C2C#N.C=C(C)C(=O)OCCOC1C2CC3C1OS(=O)(=O)C3C2C(F)(F)F. The number of alkyl halides is 6. The van der Waals surface area contributed by atoms with Crippen LogP contribution >= 0.6 is 0 Å². The molecule has 0 radical (unpaired) electrons. The van der Waals surface area contributed by atoms with E-state index in [2.05, 4.69) is 39.0 Å². The summed E-state index contributed by atoms with van der Waals surface area (Å²) < 4.78 is 278. The highest BCUT2D eigenvalue weighted by molar-refractivity contribution is 7.89.